The van der Waals surface area contributed by atoms with E-state index in [1.54, 1.807) is 25.3 Å². The van der Waals surface area contributed by atoms with Gasteiger partial charge in [-0.05, 0) is 31.0 Å². The molecule has 0 aliphatic carbocycles. The molecule has 1 aromatic heterocycles. The second-order valence-corrected chi connectivity index (χ2v) is 7.13. The zero-order valence-electron chi connectivity index (χ0n) is 14.7. The van der Waals surface area contributed by atoms with Crippen LogP contribution in [0.1, 0.15) is 40.8 Å². The van der Waals surface area contributed by atoms with Crippen LogP contribution in [0.3, 0.4) is 0 Å². The van der Waals surface area contributed by atoms with Gasteiger partial charge in [-0.15, -0.1) is 10.2 Å². The van der Waals surface area contributed by atoms with Crippen LogP contribution in [-0.4, -0.2) is 52.3 Å². The normalized spacial score (nSPS) is 17.8. The minimum Gasteiger partial charge on any atom is -0.495 e. The van der Waals surface area contributed by atoms with Crippen LogP contribution in [0.25, 0.3) is 0 Å². The summed E-state index contributed by atoms with van der Waals surface area (Å²) in [5.74, 6) is 2.99. The molecule has 7 nitrogen and oxygen atoms in total. The van der Waals surface area contributed by atoms with Crippen molar-refractivity contribution in [1.82, 2.24) is 25.0 Å². The number of hydrogen-bond acceptors (Lipinski definition) is 5. The van der Waals surface area contributed by atoms with E-state index in [9.17, 15) is 4.79 Å². The fraction of sp³-hybridized carbons (Fsp3) is 0.500. The van der Waals surface area contributed by atoms with Crippen LogP contribution in [0.5, 0.6) is 5.75 Å². The third-order valence-corrected chi connectivity index (χ3v) is 5.51. The second kappa shape index (κ2) is 7.25. The van der Waals surface area contributed by atoms with Gasteiger partial charge < -0.3 is 19.5 Å². The van der Waals surface area contributed by atoms with Crippen molar-refractivity contribution < 1.29 is 9.53 Å². The van der Waals surface area contributed by atoms with E-state index in [0.29, 0.717) is 22.3 Å². The van der Waals surface area contributed by atoms with Gasteiger partial charge in [0.1, 0.15) is 17.4 Å². The summed E-state index contributed by atoms with van der Waals surface area (Å²) in [5, 5.41) is 12.5. The molecular formula is C18H22ClN5O2. The fourth-order valence-electron chi connectivity index (χ4n) is 3.73. The Bertz CT molecular complexity index is 814. The highest BCUT2D eigenvalue weighted by atomic mass is 35.5. The summed E-state index contributed by atoms with van der Waals surface area (Å²) < 4.78 is 7.46. The predicted molar refractivity (Wildman–Crippen MR) is 97.6 cm³/mol. The number of carbonyl (C=O) groups is 1. The molecule has 26 heavy (non-hydrogen) atoms. The quantitative estimate of drug-likeness (QED) is 0.889. The molecule has 2 aromatic rings. The molecule has 0 saturated carbocycles. The number of likely N-dealkylation sites (tertiary alicyclic amines) is 1. The number of carbonyl (C=O) groups excluding carboxylic acids is 1. The highest BCUT2D eigenvalue weighted by Crippen LogP contribution is 2.30. The van der Waals surface area contributed by atoms with Crippen molar-refractivity contribution in [2.75, 3.05) is 26.7 Å². The van der Waals surface area contributed by atoms with Gasteiger partial charge in [0.05, 0.1) is 18.7 Å². The van der Waals surface area contributed by atoms with Gasteiger partial charge >= 0.3 is 0 Å². The lowest BCUT2D eigenvalue weighted by Crippen LogP contribution is -2.39. The Hall–Kier alpha value is -2.12. The average Bonchev–Trinajstić information content (AvgIpc) is 3.12. The number of fused-ring (bicyclic) bond motifs is 1. The largest absolute Gasteiger partial charge is 0.495 e. The van der Waals surface area contributed by atoms with E-state index < -0.39 is 0 Å². The van der Waals surface area contributed by atoms with Crippen molar-refractivity contribution in [1.29, 1.82) is 0 Å². The summed E-state index contributed by atoms with van der Waals surface area (Å²) in [5.41, 5.74) is 0.607. The van der Waals surface area contributed by atoms with E-state index in [0.717, 1.165) is 57.2 Å². The first-order valence-corrected chi connectivity index (χ1v) is 9.30. The second-order valence-electron chi connectivity index (χ2n) is 6.72. The standard InChI is InChI=1S/C18H22ClN5O2/c1-26-15-10-13(2-3-14(15)19)18(25)23-7-4-12(5-8-23)17-22-21-16-11-20-6-9-24(16)17/h2-3,10,12,20H,4-9,11H2,1H3. The maximum atomic E-state index is 12.8. The van der Waals surface area contributed by atoms with Gasteiger partial charge in [0.25, 0.3) is 5.91 Å². The molecule has 1 fully saturated rings. The summed E-state index contributed by atoms with van der Waals surface area (Å²) in [6.45, 7) is 4.08. The molecule has 0 atom stereocenters. The summed E-state index contributed by atoms with van der Waals surface area (Å²) in [7, 11) is 1.55. The van der Waals surface area contributed by atoms with Crippen molar-refractivity contribution in [2.24, 2.45) is 0 Å². The zero-order chi connectivity index (χ0) is 18.1. The van der Waals surface area contributed by atoms with Gasteiger partial charge in [0.15, 0.2) is 0 Å². The van der Waals surface area contributed by atoms with Gasteiger partial charge in [0, 0.05) is 37.7 Å². The minimum atomic E-state index is 0.0193. The van der Waals surface area contributed by atoms with E-state index in [4.69, 9.17) is 16.3 Å². The summed E-state index contributed by atoms with van der Waals surface area (Å²) in [4.78, 5) is 14.7. The molecule has 2 aliphatic heterocycles. The Labute approximate surface area is 157 Å². The fourth-order valence-corrected chi connectivity index (χ4v) is 3.93. The van der Waals surface area contributed by atoms with Crippen LogP contribution in [-0.2, 0) is 13.1 Å². The van der Waals surface area contributed by atoms with E-state index in [-0.39, 0.29) is 5.91 Å². The number of halogens is 1. The Balaban J connectivity index is 1.43. The molecule has 1 aromatic carbocycles. The molecule has 1 N–H and O–H groups in total. The Morgan fingerprint density at radius 3 is 2.85 bits per heavy atom. The summed E-state index contributed by atoms with van der Waals surface area (Å²) in [6.07, 6.45) is 1.81. The molecule has 1 amide bonds. The van der Waals surface area contributed by atoms with Gasteiger partial charge in [-0.3, -0.25) is 4.79 Å². The first kappa shape index (κ1) is 17.3. The zero-order valence-corrected chi connectivity index (χ0v) is 15.5. The lowest BCUT2D eigenvalue weighted by Gasteiger charge is -2.32. The highest BCUT2D eigenvalue weighted by Gasteiger charge is 2.29. The van der Waals surface area contributed by atoms with Crippen LogP contribution >= 0.6 is 11.6 Å². The number of piperidine rings is 1. The first-order valence-electron chi connectivity index (χ1n) is 8.93. The number of amides is 1. The Morgan fingerprint density at radius 1 is 1.27 bits per heavy atom. The lowest BCUT2D eigenvalue weighted by molar-refractivity contribution is 0.0709. The number of aromatic nitrogens is 3. The minimum absolute atomic E-state index is 0.0193. The number of ether oxygens (including phenoxy) is 1. The highest BCUT2D eigenvalue weighted by molar-refractivity contribution is 6.32. The summed E-state index contributed by atoms with van der Waals surface area (Å²) in [6, 6.07) is 5.16. The van der Waals surface area contributed by atoms with Crippen molar-refractivity contribution in [3.8, 4) is 5.75 Å². The monoisotopic (exact) mass is 375 g/mol. The Morgan fingerprint density at radius 2 is 2.08 bits per heavy atom. The van der Waals surface area contributed by atoms with Crippen LogP contribution in [0, 0.1) is 0 Å². The number of benzene rings is 1. The number of hydrogen-bond donors (Lipinski definition) is 1. The molecule has 0 unspecified atom stereocenters. The van der Waals surface area contributed by atoms with E-state index in [1.807, 2.05) is 4.90 Å². The van der Waals surface area contributed by atoms with E-state index in [2.05, 4.69) is 20.1 Å². The first-order chi connectivity index (χ1) is 12.7. The molecule has 0 spiro atoms. The number of nitrogens with one attached hydrogen (secondary N) is 1. The molecule has 1 saturated heterocycles. The van der Waals surface area contributed by atoms with Crippen LogP contribution in [0.2, 0.25) is 5.02 Å². The van der Waals surface area contributed by atoms with E-state index in [1.165, 1.54) is 0 Å². The molecule has 2 aliphatic rings. The van der Waals surface area contributed by atoms with Crippen molar-refractivity contribution in [3.63, 3.8) is 0 Å². The van der Waals surface area contributed by atoms with Gasteiger partial charge in [0.2, 0.25) is 0 Å². The molecule has 3 heterocycles. The molecule has 0 radical (unpaired) electrons. The molecule has 4 rings (SSSR count). The SMILES string of the molecule is COc1cc(C(=O)N2CCC(c3nnc4n3CCNC4)CC2)ccc1Cl. The van der Waals surface area contributed by atoms with E-state index >= 15 is 0 Å². The molecule has 8 heteroatoms. The Kier molecular flexibility index (Phi) is 4.82. The third-order valence-electron chi connectivity index (χ3n) is 5.20. The number of rotatable bonds is 3. The number of nitrogens with zero attached hydrogens (tertiary/aromatic N) is 4. The van der Waals surface area contributed by atoms with Gasteiger partial charge in [-0.25, -0.2) is 0 Å². The van der Waals surface area contributed by atoms with Crippen molar-refractivity contribution >= 4 is 17.5 Å². The smallest absolute Gasteiger partial charge is 0.253 e. The van der Waals surface area contributed by atoms with Crippen molar-refractivity contribution in [3.05, 3.63) is 40.4 Å². The van der Waals surface area contributed by atoms with Gasteiger partial charge in [-0.1, -0.05) is 11.6 Å². The maximum absolute atomic E-state index is 12.8. The topological polar surface area (TPSA) is 72.3 Å². The maximum Gasteiger partial charge on any atom is 0.253 e. The molecular weight excluding hydrogens is 354 g/mol. The third kappa shape index (κ3) is 3.17. The van der Waals surface area contributed by atoms with Crippen LogP contribution in [0.15, 0.2) is 18.2 Å². The number of methoxy groups -OCH3 is 1. The molecule has 138 valence electrons. The van der Waals surface area contributed by atoms with Crippen LogP contribution < -0.4 is 10.1 Å². The summed E-state index contributed by atoms with van der Waals surface area (Å²) >= 11 is 6.05. The van der Waals surface area contributed by atoms with Crippen molar-refractivity contribution in [2.45, 2.75) is 31.8 Å². The lowest BCUT2D eigenvalue weighted by atomic mass is 9.95. The van der Waals surface area contributed by atoms with Gasteiger partial charge in [-0.2, -0.15) is 0 Å². The van der Waals surface area contributed by atoms with Crippen LogP contribution in [0.4, 0.5) is 0 Å². The average molecular weight is 376 g/mol. The predicted octanol–water partition coefficient (Wildman–Crippen LogP) is 2.06. The molecule has 0 bridgehead atoms.